The maximum atomic E-state index is 13.6. The average molecular weight is 319 g/mol. The molecule has 1 aromatic heterocycles. The number of amides is 1. The molecule has 0 unspecified atom stereocenters. The van der Waals surface area contributed by atoms with Gasteiger partial charge in [-0.15, -0.1) is 0 Å². The van der Waals surface area contributed by atoms with E-state index in [0.717, 1.165) is 16.5 Å². The van der Waals surface area contributed by atoms with E-state index >= 15 is 0 Å². The van der Waals surface area contributed by atoms with Crippen LogP contribution in [-0.2, 0) is 11.8 Å². The topological polar surface area (TPSA) is 57.8 Å². The van der Waals surface area contributed by atoms with Gasteiger partial charge in [0.15, 0.2) is 0 Å². The summed E-state index contributed by atoms with van der Waals surface area (Å²) < 4.78 is 15.6. The fourth-order valence-electron chi connectivity index (χ4n) is 2.54. The molecule has 0 atom stereocenters. The van der Waals surface area contributed by atoms with E-state index in [1.807, 2.05) is 48.1 Å². The number of carbonyl (C=O) groups excluding carboxylic acids is 1. The molecule has 3 aromatic rings. The fourth-order valence-corrected chi connectivity index (χ4v) is 2.54. The predicted octanol–water partition coefficient (Wildman–Crippen LogP) is 3.86. The third kappa shape index (κ3) is 2.90. The Hall–Kier alpha value is -3.39. The van der Waals surface area contributed by atoms with Crippen LogP contribution in [-0.4, -0.2) is 10.5 Å². The van der Waals surface area contributed by atoms with E-state index in [1.54, 1.807) is 6.07 Å². The molecule has 0 saturated carbocycles. The van der Waals surface area contributed by atoms with Crippen LogP contribution in [0.25, 0.3) is 17.0 Å². The van der Waals surface area contributed by atoms with E-state index in [2.05, 4.69) is 5.32 Å². The Labute approximate surface area is 138 Å². The van der Waals surface area contributed by atoms with E-state index in [-0.39, 0.29) is 11.3 Å². The highest BCUT2D eigenvalue weighted by Gasteiger charge is 2.13. The van der Waals surface area contributed by atoms with Crippen LogP contribution in [0.5, 0.6) is 0 Å². The number of fused-ring (bicyclic) bond motifs is 1. The van der Waals surface area contributed by atoms with Crippen LogP contribution in [0.15, 0.2) is 60.3 Å². The molecule has 3 rings (SSSR count). The minimum absolute atomic E-state index is 0.0431. The van der Waals surface area contributed by atoms with Crippen LogP contribution in [0, 0.1) is 17.1 Å². The molecule has 24 heavy (non-hydrogen) atoms. The number of nitriles is 1. The number of aryl methyl sites for hydroxylation is 1. The van der Waals surface area contributed by atoms with E-state index in [9.17, 15) is 14.4 Å². The molecule has 0 radical (unpaired) electrons. The Morgan fingerprint density at radius 3 is 2.67 bits per heavy atom. The number of carbonyl (C=O) groups is 1. The first-order valence-electron chi connectivity index (χ1n) is 7.32. The molecule has 1 heterocycles. The lowest BCUT2D eigenvalue weighted by Crippen LogP contribution is -2.14. The summed E-state index contributed by atoms with van der Waals surface area (Å²) in [6, 6.07) is 15.4. The van der Waals surface area contributed by atoms with Gasteiger partial charge in [-0.3, -0.25) is 4.79 Å². The number of hydrogen-bond acceptors (Lipinski definition) is 2. The van der Waals surface area contributed by atoms with Crippen LogP contribution in [0.1, 0.15) is 5.56 Å². The van der Waals surface area contributed by atoms with Gasteiger partial charge in [-0.1, -0.05) is 30.3 Å². The fraction of sp³-hybridized carbons (Fsp3) is 0.0526. The van der Waals surface area contributed by atoms with Gasteiger partial charge in [0, 0.05) is 29.7 Å². The van der Waals surface area contributed by atoms with Crippen molar-refractivity contribution in [2.75, 3.05) is 5.32 Å². The first kappa shape index (κ1) is 15.5. The van der Waals surface area contributed by atoms with Gasteiger partial charge < -0.3 is 9.88 Å². The molecule has 0 spiro atoms. The Balaban J connectivity index is 1.96. The lowest BCUT2D eigenvalue weighted by Gasteiger charge is -2.05. The van der Waals surface area contributed by atoms with Crippen molar-refractivity contribution >= 4 is 28.6 Å². The first-order chi connectivity index (χ1) is 11.6. The second-order valence-electron chi connectivity index (χ2n) is 5.32. The summed E-state index contributed by atoms with van der Waals surface area (Å²) in [6.45, 7) is 0. The summed E-state index contributed by atoms with van der Waals surface area (Å²) in [5, 5.41) is 12.7. The number of rotatable bonds is 3. The van der Waals surface area contributed by atoms with Gasteiger partial charge in [-0.2, -0.15) is 5.26 Å². The third-order valence-corrected chi connectivity index (χ3v) is 3.71. The number of anilines is 1. The van der Waals surface area contributed by atoms with Gasteiger partial charge in [-0.25, -0.2) is 4.39 Å². The summed E-state index contributed by atoms with van der Waals surface area (Å²) in [7, 11) is 1.89. The number of aromatic nitrogens is 1. The van der Waals surface area contributed by atoms with Gasteiger partial charge in [0.25, 0.3) is 5.91 Å². The van der Waals surface area contributed by atoms with E-state index in [4.69, 9.17) is 0 Å². The molecule has 5 heteroatoms. The molecule has 0 aliphatic carbocycles. The van der Waals surface area contributed by atoms with Crippen molar-refractivity contribution in [2.45, 2.75) is 0 Å². The second kappa shape index (κ2) is 6.39. The predicted molar refractivity (Wildman–Crippen MR) is 91.5 cm³/mol. The van der Waals surface area contributed by atoms with Gasteiger partial charge in [0.2, 0.25) is 0 Å². The summed E-state index contributed by atoms with van der Waals surface area (Å²) in [6.07, 6.45) is 3.36. The molecule has 0 bridgehead atoms. The quantitative estimate of drug-likeness (QED) is 0.588. The molecule has 1 amide bonds. The highest BCUT2D eigenvalue weighted by Crippen LogP contribution is 2.23. The number of para-hydroxylation sites is 2. The van der Waals surface area contributed by atoms with E-state index < -0.39 is 11.7 Å². The van der Waals surface area contributed by atoms with Crippen LogP contribution >= 0.6 is 0 Å². The Morgan fingerprint density at radius 1 is 1.21 bits per heavy atom. The number of nitrogens with one attached hydrogen (secondary N) is 1. The van der Waals surface area contributed by atoms with E-state index in [1.165, 1.54) is 24.3 Å². The standard InChI is InChI=1S/C19H14FN3O/c1-23-12-14(15-6-2-5-9-18(15)23)10-13(11-21)19(24)22-17-8-4-3-7-16(17)20/h2-10,12H,1H3,(H,22,24)/b13-10-. The summed E-state index contributed by atoms with van der Waals surface area (Å²) in [4.78, 5) is 12.3. The van der Waals surface area contributed by atoms with Gasteiger partial charge in [0.05, 0.1) is 5.69 Å². The second-order valence-corrected chi connectivity index (χ2v) is 5.32. The zero-order chi connectivity index (χ0) is 17.1. The van der Waals surface area contributed by atoms with Crippen molar-refractivity contribution in [3.63, 3.8) is 0 Å². The zero-order valence-corrected chi connectivity index (χ0v) is 13.0. The Morgan fingerprint density at radius 2 is 1.92 bits per heavy atom. The van der Waals surface area contributed by atoms with Crippen molar-refractivity contribution < 1.29 is 9.18 Å². The molecular formula is C19H14FN3O. The number of halogens is 1. The third-order valence-electron chi connectivity index (χ3n) is 3.71. The minimum Gasteiger partial charge on any atom is -0.350 e. The average Bonchev–Trinajstić information content (AvgIpc) is 2.91. The van der Waals surface area contributed by atoms with Gasteiger partial charge in [-0.05, 0) is 24.3 Å². The molecule has 0 fully saturated rings. The summed E-state index contributed by atoms with van der Waals surface area (Å²) >= 11 is 0. The maximum Gasteiger partial charge on any atom is 0.266 e. The van der Waals surface area contributed by atoms with Crippen molar-refractivity contribution in [1.29, 1.82) is 5.26 Å². The van der Waals surface area contributed by atoms with Gasteiger partial charge in [0.1, 0.15) is 17.5 Å². The summed E-state index contributed by atoms with van der Waals surface area (Å²) in [5.41, 5.74) is 1.71. The maximum absolute atomic E-state index is 13.6. The monoisotopic (exact) mass is 319 g/mol. The van der Waals surface area contributed by atoms with Crippen molar-refractivity contribution in [2.24, 2.45) is 7.05 Å². The lowest BCUT2D eigenvalue weighted by atomic mass is 10.1. The zero-order valence-electron chi connectivity index (χ0n) is 13.0. The molecule has 0 aliphatic rings. The molecule has 2 aromatic carbocycles. The molecule has 1 N–H and O–H groups in total. The molecule has 0 aliphatic heterocycles. The van der Waals surface area contributed by atoms with Crippen molar-refractivity contribution in [1.82, 2.24) is 4.57 Å². The Bertz CT molecular complexity index is 995. The Kier molecular flexibility index (Phi) is 4.13. The largest absolute Gasteiger partial charge is 0.350 e. The van der Waals surface area contributed by atoms with Crippen LogP contribution in [0.2, 0.25) is 0 Å². The summed E-state index contributed by atoms with van der Waals surface area (Å²) in [5.74, 6) is -1.19. The molecule has 118 valence electrons. The smallest absolute Gasteiger partial charge is 0.266 e. The first-order valence-corrected chi connectivity index (χ1v) is 7.32. The number of nitrogens with zero attached hydrogens (tertiary/aromatic N) is 2. The normalized spacial score (nSPS) is 11.3. The molecule has 4 nitrogen and oxygen atoms in total. The van der Waals surface area contributed by atoms with Gasteiger partial charge >= 0.3 is 0 Å². The molecular weight excluding hydrogens is 305 g/mol. The van der Waals surface area contributed by atoms with Crippen molar-refractivity contribution in [3.8, 4) is 6.07 Å². The highest BCUT2D eigenvalue weighted by atomic mass is 19.1. The van der Waals surface area contributed by atoms with Crippen LogP contribution < -0.4 is 5.32 Å². The molecule has 0 saturated heterocycles. The van der Waals surface area contributed by atoms with E-state index in [0.29, 0.717) is 0 Å². The number of hydrogen-bond donors (Lipinski definition) is 1. The SMILES string of the molecule is Cn1cc(/C=C(/C#N)C(=O)Nc2ccccc2F)c2ccccc21. The van der Waals surface area contributed by atoms with Crippen LogP contribution in [0.3, 0.4) is 0 Å². The van der Waals surface area contributed by atoms with Crippen molar-refractivity contribution in [3.05, 3.63) is 71.7 Å². The van der Waals surface area contributed by atoms with Crippen LogP contribution in [0.4, 0.5) is 10.1 Å². The minimum atomic E-state index is -0.643. The number of benzene rings is 2. The lowest BCUT2D eigenvalue weighted by molar-refractivity contribution is -0.112. The highest BCUT2D eigenvalue weighted by molar-refractivity contribution is 6.10.